The Hall–Kier alpha value is -2.15. The van der Waals surface area contributed by atoms with Gasteiger partial charge in [-0.2, -0.15) is 0 Å². The average Bonchev–Trinajstić information content (AvgIpc) is 3.01. The summed E-state index contributed by atoms with van der Waals surface area (Å²) in [5.74, 6) is -0.334. The molecule has 1 atom stereocenters. The van der Waals surface area contributed by atoms with Gasteiger partial charge in [-0.15, -0.1) is 0 Å². The lowest BCUT2D eigenvalue weighted by atomic mass is 10.1. The van der Waals surface area contributed by atoms with Crippen molar-refractivity contribution in [1.29, 1.82) is 0 Å². The zero-order chi connectivity index (χ0) is 18.6. The molecule has 1 fully saturated rings. The van der Waals surface area contributed by atoms with E-state index in [4.69, 9.17) is 16.3 Å². The van der Waals surface area contributed by atoms with Crippen molar-refractivity contribution in [2.24, 2.45) is 0 Å². The fourth-order valence-corrected chi connectivity index (χ4v) is 2.78. The number of amides is 2. The van der Waals surface area contributed by atoms with Crippen LogP contribution >= 0.6 is 11.6 Å². The summed E-state index contributed by atoms with van der Waals surface area (Å²) < 4.78 is 5.38. The number of pyridine rings is 1. The maximum atomic E-state index is 13.0. The molecule has 1 aromatic heterocycles. The summed E-state index contributed by atoms with van der Waals surface area (Å²) in [5, 5.41) is 0.290. The van der Waals surface area contributed by atoms with Crippen molar-refractivity contribution in [3.05, 3.63) is 23.5 Å². The van der Waals surface area contributed by atoms with Crippen LogP contribution in [0.1, 0.15) is 33.6 Å². The average molecular weight is 368 g/mol. The molecule has 1 aliphatic rings. The minimum Gasteiger partial charge on any atom is -0.444 e. The van der Waals surface area contributed by atoms with Gasteiger partial charge in [-0.1, -0.05) is 11.6 Å². The van der Waals surface area contributed by atoms with Crippen LogP contribution in [-0.4, -0.2) is 52.9 Å². The van der Waals surface area contributed by atoms with Crippen LogP contribution in [0.15, 0.2) is 18.3 Å². The van der Waals surface area contributed by atoms with E-state index in [2.05, 4.69) is 4.98 Å². The fraction of sp³-hybridized carbons (Fsp3) is 0.529. The minimum atomic E-state index is -0.662. The lowest BCUT2D eigenvalue weighted by Gasteiger charge is -2.31. The molecule has 2 heterocycles. The van der Waals surface area contributed by atoms with E-state index in [1.165, 1.54) is 16.0 Å². The Kier molecular flexibility index (Phi) is 6.00. The summed E-state index contributed by atoms with van der Waals surface area (Å²) in [6.45, 7) is 5.64. The van der Waals surface area contributed by atoms with Gasteiger partial charge in [-0.3, -0.25) is 9.69 Å². The number of anilines is 1. The van der Waals surface area contributed by atoms with Gasteiger partial charge in [-0.05, 0) is 45.7 Å². The highest BCUT2D eigenvalue weighted by Crippen LogP contribution is 2.25. The van der Waals surface area contributed by atoms with E-state index in [9.17, 15) is 14.4 Å². The number of carbonyl (C=O) groups excluding carboxylic acids is 3. The summed E-state index contributed by atoms with van der Waals surface area (Å²) in [7, 11) is 0. The van der Waals surface area contributed by atoms with Crippen LogP contribution in [0.5, 0.6) is 0 Å². The maximum Gasteiger partial charge on any atom is 0.410 e. The van der Waals surface area contributed by atoms with Crippen molar-refractivity contribution >= 4 is 35.6 Å². The van der Waals surface area contributed by atoms with E-state index in [-0.39, 0.29) is 12.5 Å². The Morgan fingerprint density at radius 1 is 1.44 bits per heavy atom. The van der Waals surface area contributed by atoms with Crippen LogP contribution in [0.3, 0.4) is 0 Å². The van der Waals surface area contributed by atoms with E-state index in [0.717, 1.165) is 0 Å². The van der Waals surface area contributed by atoms with Gasteiger partial charge in [-0.25, -0.2) is 9.78 Å². The molecule has 7 nitrogen and oxygen atoms in total. The molecule has 1 unspecified atom stereocenters. The highest BCUT2D eigenvalue weighted by Gasteiger charge is 2.39. The molecule has 1 saturated heterocycles. The van der Waals surface area contributed by atoms with Crippen molar-refractivity contribution in [1.82, 2.24) is 9.88 Å². The normalized spacial score (nSPS) is 17.3. The quantitative estimate of drug-likeness (QED) is 0.603. The molecule has 0 N–H and O–H groups in total. The van der Waals surface area contributed by atoms with Gasteiger partial charge in [0.05, 0.1) is 18.4 Å². The van der Waals surface area contributed by atoms with Crippen LogP contribution in [-0.2, 0) is 14.3 Å². The second kappa shape index (κ2) is 7.82. The summed E-state index contributed by atoms with van der Waals surface area (Å²) in [6.07, 6.45) is 2.76. The van der Waals surface area contributed by atoms with Gasteiger partial charge in [0.25, 0.3) is 0 Å². The van der Waals surface area contributed by atoms with Gasteiger partial charge in [0, 0.05) is 6.54 Å². The second-order valence-electron chi connectivity index (χ2n) is 6.79. The first-order valence-electron chi connectivity index (χ1n) is 8.09. The molecule has 1 aromatic rings. The molecule has 0 aliphatic carbocycles. The van der Waals surface area contributed by atoms with E-state index >= 15 is 0 Å². The van der Waals surface area contributed by atoms with Gasteiger partial charge in [0.2, 0.25) is 5.91 Å². The summed E-state index contributed by atoms with van der Waals surface area (Å²) >= 11 is 5.77. The number of hydrogen-bond acceptors (Lipinski definition) is 5. The van der Waals surface area contributed by atoms with Gasteiger partial charge in [0.1, 0.15) is 23.1 Å². The molecule has 1 aliphatic heterocycles. The number of aldehydes is 1. The van der Waals surface area contributed by atoms with Crippen LogP contribution in [0.4, 0.5) is 10.5 Å². The Labute approximate surface area is 151 Å². The smallest absolute Gasteiger partial charge is 0.410 e. The highest BCUT2D eigenvalue weighted by molar-refractivity contribution is 6.29. The number of ether oxygens (including phenoxy) is 1. The molecule has 0 saturated carbocycles. The predicted molar refractivity (Wildman–Crippen MR) is 93.6 cm³/mol. The second-order valence-corrected chi connectivity index (χ2v) is 7.17. The number of rotatable bonds is 4. The van der Waals surface area contributed by atoms with E-state index in [1.807, 2.05) is 0 Å². The molecular formula is C17H22ClN3O4. The summed E-state index contributed by atoms with van der Waals surface area (Å²) in [4.78, 5) is 43.0. The zero-order valence-corrected chi connectivity index (χ0v) is 15.3. The van der Waals surface area contributed by atoms with E-state index < -0.39 is 17.7 Å². The largest absolute Gasteiger partial charge is 0.444 e. The van der Waals surface area contributed by atoms with Crippen LogP contribution in [0.2, 0.25) is 5.15 Å². The Morgan fingerprint density at radius 2 is 2.16 bits per heavy atom. The molecule has 25 heavy (non-hydrogen) atoms. The molecule has 0 bridgehead atoms. The minimum absolute atomic E-state index is 0.124. The fourth-order valence-electron chi connectivity index (χ4n) is 2.67. The van der Waals surface area contributed by atoms with Gasteiger partial charge >= 0.3 is 6.09 Å². The highest BCUT2D eigenvalue weighted by atomic mass is 35.5. The predicted octanol–water partition coefficient (Wildman–Crippen LogP) is 2.67. The van der Waals surface area contributed by atoms with Gasteiger partial charge < -0.3 is 14.4 Å². The third-order valence-electron chi connectivity index (χ3n) is 3.71. The number of likely N-dealkylation sites (tertiary alicyclic amines) is 1. The molecule has 2 rings (SSSR count). The number of nitrogens with zero attached hydrogens (tertiary/aromatic N) is 3. The Balaban J connectivity index is 2.21. The van der Waals surface area contributed by atoms with Crippen molar-refractivity contribution in [2.45, 2.75) is 45.3 Å². The molecular weight excluding hydrogens is 346 g/mol. The lowest BCUT2D eigenvalue weighted by Crippen LogP contribution is -2.49. The number of hydrogen-bond donors (Lipinski definition) is 0. The lowest BCUT2D eigenvalue weighted by molar-refractivity contribution is -0.123. The van der Waals surface area contributed by atoms with Crippen LogP contribution in [0, 0.1) is 0 Å². The summed E-state index contributed by atoms with van der Waals surface area (Å²) in [6, 6.07) is 2.50. The molecule has 0 aromatic carbocycles. The molecule has 0 radical (unpaired) electrons. The van der Waals surface area contributed by atoms with E-state index in [1.54, 1.807) is 32.9 Å². The van der Waals surface area contributed by atoms with E-state index in [0.29, 0.717) is 36.5 Å². The first-order valence-corrected chi connectivity index (χ1v) is 8.47. The maximum absolute atomic E-state index is 13.0. The number of halogens is 1. The molecule has 8 heteroatoms. The first-order chi connectivity index (χ1) is 11.7. The Morgan fingerprint density at radius 3 is 2.72 bits per heavy atom. The molecule has 136 valence electrons. The third-order valence-corrected chi connectivity index (χ3v) is 3.94. The monoisotopic (exact) mass is 367 g/mol. The van der Waals surface area contributed by atoms with Crippen molar-refractivity contribution < 1.29 is 19.1 Å². The zero-order valence-electron chi connectivity index (χ0n) is 14.6. The van der Waals surface area contributed by atoms with Crippen LogP contribution < -0.4 is 4.90 Å². The molecule has 0 spiro atoms. The topological polar surface area (TPSA) is 79.8 Å². The standard InChI is InChI=1S/C17H22ClN3O4/c1-17(2,3)25-16(24)21-8-4-5-13(21)15(23)20(9-10-22)12-6-7-14(18)19-11-12/h6-7,10-11,13H,4-5,8-9H2,1-3H3. The number of aromatic nitrogens is 1. The Bertz CT molecular complexity index is 642. The summed E-state index contributed by atoms with van der Waals surface area (Å²) in [5.41, 5.74) is -0.187. The first kappa shape index (κ1) is 19.2. The van der Waals surface area contributed by atoms with Crippen molar-refractivity contribution in [2.75, 3.05) is 18.0 Å². The van der Waals surface area contributed by atoms with Gasteiger partial charge in [0.15, 0.2) is 0 Å². The SMILES string of the molecule is CC(C)(C)OC(=O)N1CCCC1C(=O)N(CC=O)c1ccc(Cl)nc1. The van der Waals surface area contributed by atoms with Crippen molar-refractivity contribution in [3.8, 4) is 0 Å². The van der Waals surface area contributed by atoms with Crippen LogP contribution in [0.25, 0.3) is 0 Å². The number of carbonyl (C=O) groups is 3. The molecule has 2 amide bonds. The third kappa shape index (κ3) is 4.92. The van der Waals surface area contributed by atoms with Crippen molar-refractivity contribution in [3.63, 3.8) is 0 Å².